The van der Waals surface area contributed by atoms with Gasteiger partial charge in [-0.3, -0.25) is 32.4 Å². The number of nitrogens with two attached hydrogens (primary N) is 2. The van der Waals surface area contributed by atoms with Gasteiger partial charge < -0.3 is 40.4 Å². The molecular formula is C24H30N10O12P2. The van der Waals surface area contributed by atoms with Crippen LogP contribution in [-0.2, 0) is 36.7 Å². The summed E-state index contributed by atoms with van der Waals surface area (Å²) in [5, 5.41) is 11.7. The number of fused-ring (bicyclic) bond motifs is 4. The van der Waals surface area contributed by atoms with Gasteiger partial charge in [0.2, 0.25) is 5.95 Å². The molecule has 3 unspecified atom stereocenters. The van der Waals surface area contributed by atoms with Gasteiger partial charge in [0, 0.05) is 12.5 Å². The maximum absolute atomic E-state index is 13.7. The van der Waals surface area contributed by atoms with Crippen LogP contribution in [-0.4, -0.2) is 105 Å². The third kappa shape index (κ3) is 4.83. The highest BCUT2D eigenvalue weighted by Crippen LogP contribution is 2.67. The van der Waals surface area contributed by atoms with Crippen LogP contribution in [0.4, 0.5) is 11.8 Å². The topological polar surface area (TPSA) is 309 Å². The van der Waals surface area contributed by atoms with Crippen molar-refractivity contribution in [1.82, 2.24) is 39.0 Å². The monoisotopic (exact) mass is 712 g/mol. The summed E-state index contributed by atoms with van der Waals surface area (Å²) in [6.45, 7) is -1.17. The van der Waals surface area contributed by atoms with Crippen LogP contribution in [0.2, 0.25) is 0 Å². The van der Waals surface area contributed by atoms with E-state index in [1.165, 1.54) is 30.7 Å². The molecule has 2 bridgehead atoms. The third-order valence-electron chi connectivity index (χ3n) is 9.69. The van der Waals surface area contributed by atoms with Crippen LogP contribution < -0.4 is 17.0 Å². The average Bonchev–Trinajstić information content (AvgIpc) is 3.75. The van der Waals surface area contributed by atoms with E-state index in [4.69, 9.17) is 39.0 Å². The molecule has 0 aromatic carbocycles. The van der Waals surface area contributed by atoms with E-state index in [1.807, 2.05) is 0 Å². The number of aliphatic hydroxyl groups is 1. The highest BCUT2D eigenvalue weighted by Gasteiger charge is 2.68. The Balaban J connectivity index is 1.17. The first-order valence-corrected chi connectivity index (χ1v) is 17.6. The Morgan fingerprint density at radius 1 is 1.04 bits per heavy atom. The number of hydrogen-bond donors (Lipinski definition) is 6. The highest BCUT2D eigenvalue weighted by atomic mass is 31.2. The van der Waals surface area contributed by atoms with E-state index in [-0.39, 0.29) is 34.9 Å². The lowest BCUT2D eigenvalue weighted by molar-refractivity contribution is -0.105. The van der Waals surface area contributed by atoms with Gasteiger partial charge in [0.25, 0.3) is 5.56 Å². The summed E-state index contributed by atoms with van der Waals surface area (Å²) in [6.07, 6.45) is -3.43. The number of aromatic amines is 1. The van der Waals surface area contributed by atoms with Crippen molar-refractivity contribution in [3.05, 3.63) is 29.3 Å². The molecule has 2 aliphatic heterocycles. The molecule has 0 radical (unpaired) electrons. The van der Waals surface area contributed by atoms with Gasteiger partial charge in [0.05, 0.1) is 31.9 Å². The normalized spacial score (nSPS) is 40.1. The highest BCUT2D eigenvalue weighted by molar-refractivity contribution is 7.47. The lowest BCUT2D eigenvalue weighted by Gasteiger charge is -2.48. The number of phosphoric ester groups is 2. The number of hydrogen-bond acceptors (Lipinski definition) is 17. The first kappa shape index (κ1) is 31.8. The van der Waals surface area contributed by atoms with Gasteiger partial charge in [-0.1, -0.05) is 0 Å². The van der Waals surface area contributed by atoms with Crippen LogP contribution in [0.25, 0.3) is 22.3 Å². The number of aromatic nitrogens is 8. The van der Waals surface area contributed by atoms with E-state index >= 15 is 0 Å². The number of aliphatic hydroxyl groups excluding tert-OH is 1. The largest absolute Gasteiger partial charge is 0.472 e. The maximum atomic E-state index is 13.7. The lowest BCUT2D eigenvalue weighted by Crippen LogP contribution is -2.50. The molecule has 4 aliphatic rings. The molecule has 258 valence electrons. The van der Waals surface area contributed by atoms with E-state index in [1.54, 1.807) is 4.57 Å². The summed E-state index contributed by atoms with van der Waals surface area (Å²) >= 11 is 0. The Labute approximate surface area is 268 Å². The Kier molecular flexibility index (Phi) is 7.33. The average molecular weight is 713 g/mol. The van der Waals surface area contributed by atoms with E-state index in [0.717, 1.165) is 0 Å². The SMILES string of the molecule is CO[C@H]1[C@H]2OP(=O)(O)OCC34CC[C@@H]3[C@@H](n3cnc5c(N)ncnc53)[C@H](O)[C@@H]4OP(=O)(O)OC[C@H]1O[C@H]2n1cnc2c(=O)[nH]c(N)nc21. The first-order chi connectivity index (χ1) is 22.8. The number of anilines is 2. The fraction of sp³-hybridized carbons (Fsp3) is 0.583. The number of imidazole rings is 2. The zero-order valence-electron chi connectivity index (χ0n) is 24.9. The second-order valence-electron chi connectivity index (χ2n) is 12.1. The van der Waals surface area contributed by atoms with Crippen molar-refractivity contribution < 1.29 is 51.6 Å². The molecule has 24 heteroatoms. The van der Waals surface area contributed by atoms with Gasteiger partial charge in [-0.15, -0.1) is 0 Å². The molecule has 2 saturated carbocycles. The van der Waals surface area contributed by atoms with Crippen molar-refractivity contribution in [2.45, 2.75) is 55.6 Å². The minimum absolute atomic E-state index is 0.0404. The zero-order valence-corrected chi connectivity index (χ0v) is 26.7. The van der Waals surface area contributed by atoms with Crippen LogP contribution in [0.5, 0.6) is 0 Å². The van der Waals surface area contributed by atoms with Crippen LogP contribution in [0.15, 0.2) is 23.8 Å². The number of nitrogens with one attached hydrogen (secondary N) is 1. The number of methoxy groups -OCH3 is 1. The molecular weight excluding hydrogens is 682 g/mol. The number of phosphoric acid groups is 2. The van der Waals surface area contributed by atoms with Crippen LogP contribution in [0, 0.1) is 11.3 Å². The number of H-pyrrole nitrogens is 1. The summed E-state index contributed by atoms with van der Waals surface area (Å²) in [6, 6.07) is -0.821. The van der Waals surface area contributed by atoms with Gasteiger partial charge in [0.1, 0.15) is 42.4 Å². The second kappa shape index (κ2) is 11.1. The molecule has 0 amide bonds. The van der Waals surface area contributed by atoms with E-state index in [9.17, 15) is 28.8 Å². The second-order valence-corrected chi connectivity index (χ2v) is 14.9. The summed E-state index contributed by atoms with van der Waals surface area (Å²) in [7, 11) is -8.71. The number of nitrogens with zero attached hydrogens (tertiary/aromatic N) is 7. The molecule has 11 atom stereocenters. The van der Waals surface area contributed by atoms with Gasteiger partial charge in [0.15, 0.2) is 28.9 Å². The van der Waals surface area contributed by atoms with E-state index in [0.29, 0.717) is 12.1 Å². The Morgan fingerprint density at radius 2 is 1.79 bits per heavy atom. The Bertz CT molecular complexity index is 2080. The summed E-state index contributed by atoms with van der Waals surface area (Å²) in [5.41, 5.74) is 10.2. The van der Waals surface area contributed by atoms with Crippen molar-refractivity contribution in [1.29, 1.82) is 0 Å². The van der Waals surface area contributed by atoms with Crippen LogP contribution in [0.3, 0.4) is 0 Å². The first-order valence-electron chi connectivity index (χ1n) is 14.7. The number of rotatable bonds is 3. The third-order valence-corrected chi connectivity index (χ3v) is 11.6. The molecule has 22 nitrogen and oxygen atoms in total. The van der Waals surface area contributed by atoms with E-state index < -0.39 is 88.5 Å². The fourth-order valence-electron chi connectivity index (χ4n) is 7.50. The molecule has 4 aromatic heterocycles. The predicted molar refractivity (Wildman–Crippen MR) is 159 cm³/mol. The van der Waals surface area contributed by atoms with Crippen molar-refractivity contribution in [2.24, 2.45) is 11.3 Å². The molecule has 1 spiro atoms. The van der Waals surface area contributed by atoms with Crippen molar-refractivity contribution in [2.75, 3.05) is 31.8 Å². The molecule has 48 heavy (non-hydrogen) atoms. The molecule has 2 saturated heterocycles. The maximum Gasteiger partial charge on any atom is 0.472 e. The number of nitrogen functional groups attached to an aromatic ring is 2. The van der Waals surface area contributed by atoms with Gasteiger partial charge >= 0.3 is 15.6 Å². The molecule has 4 aromatic rings. The standard InChI is InChI=1S/C24H30N10O12P2/c1-41-15-10-4-42-47(37,38)46-17-14(35)13(33-7-29-11-18(25)27-6-28-19(11)33)9-2-3-24(9,17)5-43-48(39,40)45-16(15)22(44-10)34-8-30-12-20(34)31-23(26)32-21(12)36/h6-10,13-17,22,35H,2-5H2,1H3,(H,37,38)(H,39,40)(H2,25,27,28)(H3,26,31,32,36)/t9-,10-,13-,14+,15-,16-,17+,22-,24?/m1/s1. The lowest BCUT2D eigenvalue weighted by atomic mass is 9.60. The smallest absolute Gasteiger partial charge is 0.388 e. The quantitative estimate of drug-likeness (QED) is 0.144. The van der Waals surface area contributed by atoms with Gasteiger partial charge in [-0.05, 0) is 18.8 Å². The summed E-state index contributed by atoms with van der Waals surface area (Å²) in [4.78, 5) is 57.5. The molecule has 2 aliphatic carbocycles. The van der Waals surface area contributed by atoms with Crippen LogP contribution in [0.1, 0.15) is 25.1 Å². The Hall–Kier alpha value is -3.40. The number of ether oxygens (including phenoxy) is 2. The van der Waals surface area contributed by atoms with Gasteiger partial charge in [-0.2, -0.15) is 4.98 Å². The Morgan fingerprint density at radius 3 is 2.54 bits per heavy atom. The predicted octanol–water partition coefficient (Wildman–Crippen LogP) is -0.634. The van der Waals surface area contributed by atoms with E-state index in [2.05, 4.69) is 29.9 Å². The molecule has 6 heterocycles. The molecule has 8 N–H and O–H groups in total. The minimum atomic E-state index is -5.00. The minimum Gasteiger partial charge on any atom is -0.388 e. The zero-order chi connectivity index (χ0) is 33.7. The molecule has 4 fully saturated rings. The fourth-order valence-corrected chi connectivity index (χ4v) is 9.51. The summed E-state index contributed by atoms with van der Waals surface area (Å²) in [5.74, 6) is -0.630. The van der Waals surface area contributed by atoms with Gasteiger partial charge in [-0.25, -0.2) is 29.1 Å². The van der Waals surface area contributed by atoms with Crippen molar-refractivity contribution in [3.63, 3.8) is 0 Å². The van der Waals surface area contributed by atoms with Crippen molar-refractivity contribution >= 4 is 49.7 Å². The summed E-state index contributed by atoms with van der Waals surface area (Å²) < 4.78 is 64.0. The van der Waals surface area contributed by atoms with Crippen LogP contribution >= 0.6 is 15.6 Å². The van der Waals surface area contributed by atoms with Crippen molar-refractivity contribution in [3.8, 4) is 0 Å². The molecule has 8 rings (SSSR count).